The quantitative estimate of drug-likeness (QED) is 0.267. The number of hydrogen-bond donors (Lipinski definition) is 1. The van der Waals surface area contributed by atoms with Crippen LogP contribution in [0.3, 0.4) is 0 Å². The first-order valence-electron chi connectivity index (χ1n) is 8.53. The van der Waals surface area contributed by atoms with Gasteiger partial charge in [0.1, 0.15) is 0 Å². The minimum absolute atomic E-state index is 0.0199. The average molecular weight is 422 g/mol. The number of rotatable bonds is 10. The molecule has 162 valence electrons. The molecule has 1 aromatic rings. The van der Waals surface area contributed by atoms with Crippen LogP contribution < -0.4 is 14.8 Å². The number of nitrogens with zero attached hydrogens (tertiary/aromatic N) is 1. The molecule has 0 aliphatic heterocycles. The lowest BCUT2D eigenvalue weighted by Gasteiger charge is -2.18. The van der Waals surface area contributed by atoms with Crippen molar-refractivity contribution in [2.45, 2.75) is 38.9 Å². The number of nitro benzene ring substituents is 1. The fraction of sp³-hybridized carbons (Fsp3) is 0.529. The largest absolute Gasteiger partial charge is 0.493 e. The maximum absolute atomic E-state index is 12.4. The monoisotopic (exact) mass is 422 g/mol. The van der Waals surface area contributed by atoms with Crippen molar-refractivity contribution < 1.29 is 41.9 Å². The van der Waals surface area contributed by atoms with Gasteiger partial charge in [-0.3, -0.25) is 19.7 Å². The predicted molar refractivity (Wildman–Crippen MR) is 93.6 cm³/mol. The molecule has 0 fully saturated rings. The normalized spacial score (nSPS) is 12.1. The number of nitro groups is 1. The van der Waals surface area contributed by atoms with Gasteiger partial charge in [-0.15, -0.1) is 0 Å². The molecular weight excluding hydrogens is 401 g/mol. The summed E-state index contributed by atoms with van der Waals surface area (Å²) in [7, 11) is 1.25. The van der Waals surface area contributed by atoms with Crippen LogP contribution >= 0.6 is 0 Å². The number of hydrogen-bond acceptors (Lipinski definition) is 7. The smallest absolute Gasteiger partial charge is 0.471 e. The summed E-state index contributed by atoms with van der Waals surface area (Å²) in [5, 5.41) is 13.0. The Balaban J connectivity index is 3.02. The van der Waals surface area contributed by atoms with Gasteiger partial charge in [-0.25, -0.2) is 0 Å². The van der Waals surface area contributed by atoms with Crippen molar-refractivity contribution in [3.8, 4) is 11.5 Å². The fourth-order valence-electron chi connectivity index (χ4n) is 2.33. The van der Waals surface area contributed by atoms with Crippen LogP contribution in [0.1, 0.15) is 38.3 Å². The second kappa shape index (κ2) is 10.5. The number of carbonyl (C=O) groups excluding carboxylic acids is 2. The van der Waals surface area contributed by atoms with E-state index in [1.165, 1.54) is 14.0 Å². The fourth-order valence-corrected chi connectivity index (χ4v) is 2.33. The van der Waals surface area contributed by atoms with Gasteiger partial charge < -0.3 is 19.5 Å². The second-order valence-electron chi connectivity index (χ2n) is 5.77. The SMILES string of the molecule is CCOC(=O)CCCOc1cc([N+](=O)[O-])c([C@@H](C)NC(=O)C(F)(F)F)cc1OC. The van der Waals surface area contributed by atoms with E-state index >= 15 is 0 Å². The number of benzene rings is 1. The van der Waals surface area contributed by atoms with E-state index in [1.807, 2.05) is 0 Å². The highest BCUT2D eigenvalue weighted by Gasteiger charge is 2.40. The summed E-state index contributed by atoms with van der Waals surface area (Å²) in [5.74, 6) is -2.65. The third kappa shape index (κ3) is 7.12. The van der Waals surface area contributed by atoms with Crippen molar-refractivity contribution in [1.29, 1.82) is 0 Å². The zero-order chi connectivity index (χ0) is 22.2. The van der Waals surface area contributed by atoms with Crippen molar-refractivity contribution in [3.05, 3.63) is 27.8 Å². The average Bonchev–Trinajstić information content (AvgIpc) is 2.63. The number of carbonyl (C=O) groups is 2. The first kappa shape index (κ1) is 24.0. The molecule has 0 saturated carbocycles. The molecule has 0 radical (unpaired) electrons. The summed E-state index contributed by atoms with van der Waals surface area (Å²) < 4.78 is 52.6. The van der Waals surface area contributed by atoms with Gasteiger partial charge in [0.25, 0.3) is 5.69 Å². The number of ether oxygens (including phenoxy) is 3. The third-order valence-corrected chi connectivity index (χ3v) is 3.67. The molecule has 0 spiro atoms. The Bertz CT molecular complexity index is 753. The van der Waals surface area contributed by atoms with Crippen molar-refractivity contribution in [2.75, 3.05) is 20.3 Å². The van der Waals surface area contributed by atoms with Crippen LogP contribution in [0, 0.1) is 10.1 Å². The van der Waals surface area contributed by atoms with Gasteiger partial charge in [0.15, 0.2) is 11.5 Å². The van der Waals surface area contributed by atoms with Crippen molar-refractivity contribution in [1.82, 2.24) is 5.32 Å². The lowest BCUT2D eigenvalue weighted by atomic mass is 10.0. The molecule has 9 nitrogen and oxygen atoms in total. The molecule has 0 bridgehead atoms. The number of esters is 1. The van der Waals surface area contributed by atoms with E-state index in [9.17, 15) is 32.9 Å². The highest BCUT2D eigenvalue weighted by molar-refractivity contribution is 5.82. The van der Waals surface area contributed by atoms with E-state index in [0.717, 1.165) is 12.1 Å². The first-order valence-corrected chi connectivity index (χ1v) is 8.53. The molecule has 29 heavy (non-hydrogen) atoms. The van der Waals surface area contributed by atoms with E-state index < -0.39 is 34.7 Å². The molecule has 0 aromatic heterocycles. The Morgan fingerprint density at radius 2 is 1.93 bits per heavy atom. The molecule has 1 amide bonds. The summed E-state index contributed by atoms with van der Waals surface area (Å²) in [6, 6.07) is 0.797. The third-order valence-electron chi connectivity index (χ3n) is 3.67. The molecule has 1 N–H and O–H groups in total. The van der Waals surface area contributed by atoms with Crippen LogP contribution in [0.25, 0.3) is 0 Å². The summed E-state index contributed by atoms with van der Waals surface area (Å²) >= 11 is 0. The molecular formula is C17H21F3N2O7. The van der Waals surface area contributed by atoms with Crippen LogP contribution in [0.2, 0.25) is 0 Å². The molecule has 0 heterocycles. The first-order chi connectivity index (χ1) is 13.5. The Kier molecular flexibility index (Phi) is 8.67. The van der Waals surface area contributed by atoms with Gasteiger partial charge in [-0.1, -0.05) is 0 Å². The zero-order valence-electron chi connectivity index (χ0n) is 16.0. The zero-order valence-corrected chi connectivity index (χ0v) is 16.0. The number of nitrogens with one attached hydrogen (secondary N) is 1. The van der Waals surface area contributed by atoms with Crippen LogP contribution in [-0.4, -0.2) is 43.3 Å². The molecule has 0 saturated heterocycles. The van der Waals surface area contributed by atoms with Gasteiger partial charge in [0.05, 0.1) is 42.9 Å². The summed E-state index contributed by atoms with van der Waals surface area (Å²) in [6.45, 7) is 3.10. The van der Waals surface area contributed by atoms with Crippen LogP contribution in [0.15, 0.2) is 12.1 Å². The van der Waals surface area contributed by atoms with Crippen LogP contribution in [0.5, 0.6) is 11.5 Å². The molecule has 1 aromatic carbocycles. The van der Waals surface area contributed by atoms with E-state index in [4.69, 9.17) is 14.2 Å². The second-order valence-corrected chi connectivity index (χ2v) is 5.77. The van der Waals surface area contributed by atoms with Gasteiger partial charge in [-0.2, -0.15) is 13.2 Å². The minimum Gasteiger partial charge on any atom is -0.493 e. The highest BCUT2D eigenvalue weighted by Crippen LogP contribution is 2.37. The van der Waals surface area contributed by atoms with E-state index in [0.29, 0.717) is 0 Å². The molecule has 0 unspecified atom stereocenters. The van der Waals surface area contributed by atoms with Gasteiger partial charge in [-0.05, 0) is 26.3 Å². The minimum atomic E-state index is -5.13. The Morgan fingerprint density at radius 1 is 1.28 bits per heavy atom. The van der Waals surface area contributed by atoms with Crippen LogP contribution in [0.4, 0.5) is 18.9 Å². The highest BCUT2D eigenvalue weighted by atomic mass is 19.4. The lowest BCUT2D eigenvalue weighted by Crippen LogP contribution is -2.38. The molecule has 1 atom stereocenters. The van der Waals surface area contributed by atoms with Gasteiger partial charge >= 0.3 is 18.1 Å². The van der Waals surface area contributed by atoms with Gasteiger partial charge in [0, 0.05) is 6.42 Å². The number of alkyl halides is 3. The molecule has 0 aliphatic carbocycles. The Hall–Kier alpha value is -3.05. The summed E-state index contributed by atoms with van der Waals surface area (Å²) in [5.41, 5.74) is -0.746. The number of methoxy groups -OCH3 is 1. The summed E-state index contributed by atoms with van der Waals surface area (Å²) in [6.07, 6.45) is -4.78. The molecule has 1 rings (SSSR count). The predicted octanol–water partition coefficient (Wildman–Crippen LogP) is 3.07. The lowest BCUT2D eigenvalue weighted by molar-refractivity contribution is -0.385. The standard InChI is InChI=1S/C17H21F3N2O7/c1-4-28-15(23)6-5-7-29-14-9-12(22(25)26)11(8-13(14)27-3)10(2)21-16(24)17(18,19)20/h8-10H,4-7H2,1-3H3,(H,21,24)/t10-/m1/s1. The van der Waals surface area contributed by atoms with Crippen molar-refractivity contribution >= 4 is 17.6 Å². The maximum Gasteiger partial charge on any atom is 0.471 e. The molecule has 0 aliphatic rings. The van der Waals surface area contributed by atoms with E-state index in [2.05, 4.69) is 0 Å². The molecule has 12 heteroatoms. The Labute approximate surface area is 164 Å². The van der Waals surface area contributed by atoms with Crippen LogP contribution in [-0.2, 0) is 14.3 Å². The van der Waals surface area contributed by atoms with Gasteiger partial charge in [0.2, 0.25) is 0 Å². The van der Waals surface area contributed by atoms with E-state index in [1.54, 1.807) is 12.2 Å². The Morgan fingerprint density at radius 3 is 2.45 bits per heavy atom. The topological polar surface area (TPSA) is 117 Å². The maximum atomic E-state index is 12.4. The van der Waals surface area contributed by atoms with Crippen molar-refractivity contribution in [3.63, 3.8) is 0 Å². The van der Waals surface area contributed by atoms with E-state index in [-0.39, 0.29) is 43.1 Å². The number of halogens is 3. The summed E-state index contributed by atoms with van der Waals surface area (Å²) in [4.78, 5) is 33.0. The van der Waals surface area contributed by atoms with Crippen molar-refractivity contribution in [2.24, 2.45) is 0 Å². The number of amides is 1.